The second kappa shape index (κ2) is 8.24. The molecule has 0 spiro atoms. The Morgan fingerprint density at radius 1 is 1.37 bits per heavy atom. The normalized spacial score (nSPS) is 22.6. The minimum atomic E-state index is -0.889. The third-order valence-corrected chi connectivity index (χ3v) is 4.74. The van der Waals surface area contributed by atoms with Gasteiger partial charge in [0.2, 0.25) is 17.6 Å². The molecule has 0 saturated carbocycles. The monoisotopic (exact) mass is 372 g/mol. The van der Waals surface area contributed by atoms with Gasteiger partial charge >= 0.3 is 0 Å². The SMILES string of the molecule is O=CC(=O)C1c2c(/C=C\OCCO)cccc2CN1C1CCC(=O)NC1=O. The van der Waals surface area contributed by atoms with Gasteiger partial charge in [0.05, 0.1) is 18.9 Å². The Hall–Kier alpha value is -2.84. The lowest BCUT2D eigenvalue weighted by Crippen LogP contribution is -2.52. The molecule has 2 unspecified atom stereocenters. The van der Waals surface area contributed by atoms with Crippen LogP contribution in [0, 0.1) is 0 Å². The zero-order valence-electron chi connectivity index (χ0n) is 14.6. The van der Waals surface area contributed by atoms with Crippen LogP contribution in [0.4, 0.5) is 0 Å². The van der Waals surface area contributed by atoms with E-state index in [2.05, 4.69) is 5.32 Å². The predicted octanol–water partition coefficient (Wildman–Crippen LogP) is 0.0961. The molecule has 2 heterocycles. The number of aldehydes is 1. The fourth-order valence-electron chi connectivity index (χ4n) is 3.60. The quantitative estimate of drug-likeness (QED) is 0.229. The Morgan fingerprint density at radius 3 is 2.89 bits per heavy atom. The number of carbonyl (C=O) groups is 4. The van der Waals surface area contributed by atoms with Crippen LogP contribution in [-0.2, 0) is 30.5 Å². The zero-order valence-corrected chi connectivity index (χ0v) is 14.6. The van der Waals surface area contributed by atoms with Gasteiger partial charge in [0.15, 0.2) is 6.29 Å². The molecule has 0 aromatic heterocycles. The Labute approximate surface area is 155 Å². The van der Waals surface area contributed by atoms with Gasteiger partial charge in [-0.05, 0) is 29.2 Å². The molecule has 142 valence electrons. The molecular weight excluding hydrogens is 352 g/mol. The molecule has 1 saturated heterocycles. The van der Waals surface area contributed by atoms with E-state index < -0.39 is 23.8 Å². The van der Waals surface area contributed by atoms with Crippen molar-refractivity contribution in [1.29, 1.82) is 0 Å². The second-order valence-corrected chi connectivity index (χ2v) is 6.38. The molecular formula is C19H20N2O6. The van der Waals surface area contributed by atoms with Crippen LogP contribution in [0.1, 0.15) is 35.6 Å². The lowest BCUT2D eigenvalue weighted by molar-refractivity contribution is -0.141. The number of aliphatic hydroxyl groups is 1. The lowest BCUT2D eigenvalue weighted by Gasteiger charge is -2.33. The molecule has 2 aliphatic heterocycles. The summed E-state index contributed by atoms with van der Waals surface area (Å²) in [5.41, 5.74) is 2.19. The Kier molecular flexibility index (Phi) is 5.78. The number of aliphatic hydroxyl groups excluding tert-OH is 1. The van der Waals surface area contributed by atoms with Crippen molar-refractivity contribution in [3.63, 3.8) is 0 Å². The number of nitrogens with one attached hydrogen (secondary N) is 1. The van der Waals surface area contributed by atoms with Crippen LogP contribution in [0.25, 0.3) is 6.08 Å². The van der Waals surface area contributed by atoms with Gasteiger partial charge in [-0.1, -0.05) is 18.2 Å². The highest BCUT2D eigenvalue weighted by molar-refractivity contribution is 6.28. The number of piperidine rings is 1. The molecule has 1 fully saturated rings. The summed E-state index contributed by atoms with van der Waals surface area (Å²) in [6.45, 7) is 0.350. The average Bonchev–Trinajstić information content (AvgIpc) is 3.04. The number of imide groups is 1. The van der Waals surface area contributed by atoms with Gasteiger partial charge in [0.25, 0.3) is 0 Å². The van der Waals surface area contributed by atoms with E-state index in [1.165, 1.54) is 6.26 Å². The lowest BCUT2D eigenvalue weighted by atomic mass is 9.95. The molecule has 3 rings (SSSR count). The Balaban J connectivity index is 1.95. The number of ketones is 1. The summed E-state index contributed by atoms with van der Waals surface area (Å²) in [6, 6.07) is 3.90. The number of benzene rings is 1. The minimum Gasteiger partial charge on any atom is -0.499 e. The number of hydrogen-bond acceptors (Lipinski definition) is 7. The molecule has 2 atom stereocenters. The van der Waals surface area contributed by atoms with Crippen LogP contribution in [-0.4, -0.2) is 53.1 Å². The zero-order chi connectivity index (χ0) is 19.4. The molecule has 0 radical (unpaired) electrons. The standard InChI is InChI=1S/C19H20N2O6/c22-7-9-27-8-6-12-2-1-3-13-10-21(18(17(12)13)15(24)11-23)14-4-5-16(25)20-19(14)26/h1-3,6,8,11,14,18,22H,4-5,7,9-10H2,(H,20,25,26)/b8-6-. The Bertz CT molecular complexity index is 803. The molecule has 2 aliphatic rings. The Morgan fingerprint density at radius 2 is 2.19 bits per heavy atom. The molecule has 2 N–H and O–H groups in total. The third-order valence-electron chi connectivity index (χ3n) is 4.74. The highest BCUT2D eigenvalue weighted by Gasteiger charge is 2.44. The molecule has 0 bridgehead atoms. The molecule has 1 aromatic carbocycles. The van der Waals surface area contributed by atoms with E-state index >= 15 is 0 Å². The summed E-state index contributed by atoms with van der Waals surface area (Å²) in [4.78, 5) is 49.1. The molecule has 27 heavy (non-hydrogen) atoms. The van der Waals surface area contributed by atoms with E-state index in [1.807, 2.05) is 12.1 Å². The summed E-state index contributed by atoms with van der Waals surface area (Å²) in [6.07, 6.45) is 3.83. The number of Topliss-reactive ketones (excluding diaryl/α,β-unsaturated/α-hetero) is 1. The van der Waals surface area contributed by atoms with Crippen LogP contribution in [0.3, 0.4) is 0 Å². The van der Waals surface area contributed by atoms with E-state index in [4.69, 9.17) is 9.84 Å². The van der Waals surface area contributed by atoms with Gasteiger partial charge in [0, 0.05) is 13.0 Å². The van der Waals surface area contributed by atoms with Crippen LogP contribution < -0.4 is 5.32 Å². The maximum Gasteiger partial charge on any atom is 0.243 e. The van der Waals surface area contributed by atoms with Crippen molar-refractivity contribution in [1.82, 2.24) is 10.2 Å². The van der Waals surface area contributed by atoms with Crippen LogP contribution in [0.2, 0.25) is 0 Å². The first-order valence-corrected chi connectivity index (χ1v) is 8.66. The maximum absolute atomic E-state index is 12.4. The second-order valence-electron chi connectivity index (χ2n) is 6.38. The van der Waals surface area contributed by atoms with Crippen molar-refractivity contribution in [2.75, 3.05) is 13.2 Å². The van der Waals surface area contributed by atoms with E-state index in [9.17, 15) is 19.2 Å². The summed E-state index contributed by atoms with van der Waals surface area (Å²) in [5.74, 6) is -1.43. The van der Waals surface area contributed by atoms with Crippen molar-refractivity contribution < 1.29 is 29.0 Å². The van der Waals surface area contributed by atoms with Gasteiger partial charge in [-0.2, -0.15) is 0 Å². The van der Waals surface area contributed by atoms with E-state index in [-0.39, 0.29) is 31.8 Å². The van der Waals surface area contributed by atoms with Gasteiger partial charge in [-0.3, -0.25) is 29.4 Å². The van der Waals surface area contributed by atoms with Gasteiger partial charge < -0.3 is 9.84 Å². The summed E-state index contributed by atoms with van der Waals surface area (Å²) >= 11 is 0. The summed E-state index contributed by atoms with van der Waals surface area (Å²) in [5, 5.41) is 11.1. The minimum absolute atomic E-state index is 0.118. The number of rotatable bonds is 7. The third kappa shape index (κ3) is 3.81. The van der Waals surface area contributed by atoms with Crippen LogP contribution in [0.5, 0.6) is 0 Å². The number of fused-ring (bicyclic) bond motifs is 1. The number of hydrogen-bond donors (Lipinski definition) is 2. The van der Waals surface area contributed by atoms with Crippen LogP contribution >= 0.6 is 0 Å². The van der Waals surface area contributed by atoms with Crippen molar-refractivity contribution in [2.45, 2.75) is 31.5 Å². The van der Waals surface area contributed by atoms with Crippen molar-refractivity contribution in [2.24, 2.45) is 0 Å². The maximum atomic E-state index is 12.4. The first kappa shape index (κ1) is 18.9. The molecule has 1 aromatic rings. The van der Waals surface area contributed by atoms with Crippen molar-refractivity contribution in [3.8, 4) is 0 Å². The molecule has 8 nitrogen and oxygen atoms in total. The highest BCUT2D eigenvalue weighted by Crippen LogP contribution is 2.39. The fraction of sp³-hybridized carbons (Fsp3) is 0.368. The first-order chi connectivity index (χ1) is 13.1. The van der Waals surface area contributed by atoms with Gasteiger partial charge in [0.1, 0.15) is 12.6 Å². The van der Waals surface area contributed by atoms with E-state index in [1.54, 1.807) is 17.0 Å². The van der Waals surface area contributed by atoms with Crippen LogP contribution in [0.15, 0.2) is 24.5 Å². The summed E-state index contributed by atoms with van der Waals surface area (Å²) < 4.78 is 5.14. The largest absolute Gasteiger partial charge is 0.499 e. The average molecular weight is 372 g/mol. The fourth-order valence-corrected chi connectivity index (χ4v) is 3.60. The molecule has 0 aliphatic carbocycles. The summed E-state index contributed by atoms with van der Waals surface area (Å²) in [7, 11) is 0. The number of ether oxygens (including phenoxy) is 1. The van der Waals surface area contributed by atoms with Crippen molar-refractivity contribution >= 4 is 30.0 Å². The predicted molar refractivity (Wildman–Crippen MR) is 94.0 cm³/mol. The highest BCUT2D eigenvalue weighted by atomic mass is 16.5. The van der Waals surface area contributed by atoms with Crippen molar-refractivity contribution in [3.05, 3.63) is 41.2 Å². The first-order valence-electron chi connectivity index (χ1n) is 8.66. The smallest absolute Gasteiger partial charge is 0.243 e. The van der Waals surface area contributed by atoms with E-state index in [0.29, 0.717) is 24.1 Å². The van der Waals surface area contributed by atoms with Gasteiger partial charge in [-0.15, -0.1) is 0 Å². The van der Waals surface area contributed by atoms with Gasteiger partial charge in [-0.25, -0.2) is 0 Å². The number of carbonyl (C=O) groups excluding carboxylic acids is 4. The molecule has 8 heteroatoms. The number of amides is 2. The van der Waals surface area contributed by atoms with E-state index in [0.717, 1.165) is 5.56 Å². The topological polar surface area (TPSA) is 113 Å². The number of nitrogens with zero attached hydrogens (tertiary/aromatic N) is 1. The molecule has 2 amide bonds.